The van der Waals surface area contributed by atoms with Crippen LogP contribution in [0.3, 0.4) is 0 Å². The third-order valence-electron chi connectivity index (χ3n) is 4.71. The van der Waals surface area contributed by atoms with E-state index in [1.807, 2.05) is 12.4 Å². The summed E-state index contributed by atoms with van der Waals surface area (Å²) in [6.45, 7) is 12.4. The third-order valence-corrected chi connectivity index (χ3v) is 4.71. The number of piperazine rings is 1. The lowest BCUT2D eigenvalue weighted by atomic mass is 10.0. The molecular weight excluding hydrogens is 282 g/mol. The molecule has 1 aliphatic heterocycles. The van der Waals surface area contributed by atoms with Crippen molar-refractivity contribution in [3.05, 3.63) is 53.9 Å². The van der Waals surface area contributed by atoms with E-state index >= 15 is 0 Å². The summed E-state index contributed by atoms with van der Waals surface area (Å²) < 4.78 is 0. The number of aryl methyl sites for hydroxylation is 1. The molecule has 0 spiro atoms. The topological polar surface area (TPSA) is 19.4 Å². The Bertz CT molecular complexity index is 626. The molecular formula is C20H27N3. The van der Waals surface area contributed by atoms with Gasteiger partial charge in [-0.15, -0.1) is 0 Å². The SMILES string of the molecule is Cc1cncc(-c2ccc(CN3CCN(C(C)C)CC3)cc2)c1. The van der Waals surface area contributed by atoms with Gasteiger partial charge < -0.3 is 0 Å². The fourth-order valence-corrected chi connectivity index (χ4v) is 3.21. The summed E-state index contributed by atoms with van der Waals surface area (Å²) in [5.74, 6) is 0. The maximum atomic E-state index is 4.28. The maximum Gasteiger partial charge on any atom is 0.0346 e. The average molecular weight is 309 g/mol. The second-order valence-corrected chi connectivity index (χ2v) is 6.85. The van der Waals surface area contributed by atoms with Gasteiger partial charge in [-0.1, -0.05) is 24.3 Å². The van der Waals surface area contributed by atoms with Crippen LogP contribution >= 0.6 is 0 Å². The minimum atomic E-state index is 0.666. The number of nitrogens with zero attached hydrogens (tertiary/aromatic N) is 3. The maximum absolute atomic E-state index is 4.28. The smallest absolute Gasteiger partial charge is 0.0346 e. The van der Waals surface area contributed by atoms with Crippen molar-refractivity contribution in [2.75, 3.05) is 26.2 Å². The minimum Gasteiger partial charge on any atom is -0.298 e. The fourth-order valence-electron chi connectivity index (χ4n) is 3.21. The normalized spacial score (nSPS) is 16.9. The van der Waals surface area contributed by atoms with Crippen molar-refractivity contribution < 1.29 is 0 Å². The molecule has 0 saturated carbocycles. The van der Waals surface area contributed by atoms with E-state index in [1.54, 1.807) is 0 Å². The number of pyridine rings is 1. The van der Waals surface area contributed by atoms with Gasteiger partial charge in [0.1, 0.15) is 0 Å². The Labute approximate surface area is 140 Å². The summed E-state index contributed by atoms with van der Waals surface area (Å²) in [4.78, 5) is 9.40. The van der Waals surface area contributed by atoms with Crippen LogP contribution < -0.4 is 0 Å². The van der Waals surface area contributed by atoms with Gasteiger partial charge >= 0.3 is 0 Å². The predicted molar refractivity (Wildman–Crippen MR) is 96.4 cm³/mol. The molecule has 0 atom stereocenters. The Hall–Kier alpha value is -1.71. The summed E-state index contributed by atoms with van der Waals surface area (Å²) >= 11 is 0. The Kier molecular flexibility index (Phi) is 5.09. The first-order valence-electron chi connectivity index (χ1n) is 8.59. The van der Waals surface area contributed by atoms with Crippen LogP contribution in [0.2, 0.25) is 0 Å². The van der Waals surface area contributed by atoms with Crippen molar-refractivity contribution in [2.24, 2.45) is 0 Å². The summed E-state index contributed by atoms with van der Waals surface area (Å²) in [7, 11) is 0. The monoisotopic (exact) mass is 309 g/mol. The molecule has 0 unspecified atom stereocenters. The molecule has 0 bridgehead atoms. The highest BCUT2D eigenvalue weighted by atomic mass is 15.3. The van der Waals surface area contributed by atoms with Gasteiger partial charge in [0.2, 0.25) is 0 Å². The van der Waals surface area contributed by atoms with Crippen molar-refractivity contribution in [2.45, 2.75) is 33.4 Å². The molecule has 0 amide bonds. The van der Waals surface area contributed by atoms with Crippen molar-refractivity contribution in [3.8, 4) is 11.1 Å². The van der Waals surface area contributed by atoms with Crippen LogP contribution in [0.15, 0.2) is 42.7 Å². The van der Waals surface area contributed by atoms with E-state index in [0.29, 0.717) is 6.04 Å². The molecule has 0 radical (unpaired) electrons. The standard InChI is InChI=1S/C20H27N3/c1-16(2)23-10-8-22(9-11-23)15-18-4-6-19(7-5-18)20-12-17(3)13-21-14-20/h4-7,12-14,16H,8-11,15H2,1-3H3. The molecule has 122 valence electrons. The Balaban J connectivity index is 1.60. The molecule has 1 aromatic carbocycles. The van der Waals surface area contributed by atoms with Gasteiger partial charge in [-0.3, -0.25) is 14.8 Å². The van der Waals surface area contributed by atoms with Gasteiger partial charge in [-0.2, -0.15) is 0 Å². The molecule has 3 rings (SSSR count). The number of aromatic nitrogens is 1. The molecule has 1 saturated heterocycles. The highest BCUT2D eigenvalue weighted by molar-refractivity contribution is 5.63. The zero-order chi connectivity index (χ0) is 16.2. The highest BCUT2D eigenvalue weighted by Gasteiger charge is 2.18. The number of benzene rings is 1. The van der Waals surface area contributed by atoms with Crippen LogP contribution in [0.5, 0.6) is 0 Å². The van der Waals surface area contributed by atoms with Gasteiger partial charge in [0.25, 0.3) is 0 Å². The Morgan fingerprint density at radius 3 is 2.26 bits per heavy atom. The predicted octanol–water partition coefficient (Wildman–Crippen LogP) is 3.58. The van der Waals surface area contributed by atoms with Gasteiger partial charge in [-0.25, -0.2) is 0 Å². The number of hydrogen-bond donors (Lipinski definition) is 0. The molecule has 3 heteroatoms. The fraction of sp³-hybridized carbons (Fsp3) is 0.450. The van der Waals surface area contributed by atoms with E-state index in [9.17, 15) is 0 Å². The largest absolute Gasteiger partial charge is 0.298 e. The molecule has 0 N–H and O–H groups in total. The van der Waals surface area contributed by atoms with Crippen molar-refractivity contribution >= 4 is 0 Å². The van der Waals surface area contributed by atoms with Crippen LogP contribution in [0, 0.1) is 6.92 Å². The highest BCUT2D eigenvalue weighted by Crippen LogP contribution is 2.20. The first-order chi connectivity index (χ1) is 11.1. The second kappa shape index (κ2) is 7.24. The molecule has 0 aliphatic carbocycles. The number of rotatable bonds is 4. The average Bonchev–Trinajstić information content (AvgIpc) is 2.56. The van der Waals surface area contributed by atoms with Crippen LogP contribution in [-0.2, 0) is 6.54 Å². The van der Waals surface area contributed by atoms with Crippen LogP contribution in [-0.4, -0.2) is 47.0 Å². The first-order valence-corrected chi connectivity index (χ1v) is 8.59. The van der Waals surface area contributed by atoms with Crippen LogP contribution in [0.4, 0.5) is 0 Å². The quantitative estimate of drug-likeness (QED) is 0.860. The third kappa shape index (κ3) is 4.18. The second-order valence-electron chi connectivity index (χ2n) is 6.85. The summed E-state index contributed by atoms with van der Waals surface area (Å²) in [6.07, 6.45) is 3.84. The lowest BCUT2D eigenvalue weighted by Crippen LogP contribution is -2.48. The van der Waals surface area contributed by atoms with Crippen molar-refractivity contribution in [1.82, 2.24) is 14.8 Å². The summed E-state index contributed by atoms with van der Waals surface area (Å²) in [6, 6.07) is 11.8. The Morgan fingerprint density at radius 1 is 0.957 bits per heavy atom. The van der Waals surface area contributed by atoms with E-state index in [4.69, 9.17) is 0 Å². The molecule has 2 heterocycles. The first kappa shape index (κ1) is 16.2. The minimum absolute atomic E-state index is 0.666. The van der Waals surface area contributed by atoms with Gasteiger partial charge in [-0.05, 0) is 43.5 Å². The van der Waals surface area contributed by atoms with E-state index in [0.717, 1.165) is 6.54 Å². The van der Waals surface area contributed by atoms with E-state index in [-0.39, 0.29) is 0 Å². The zero-order valence-electron chi connectivity index (χ0n) is 14.5. The molecule has 23 heavy (non-hydrogen) atoms. The lowest BCUT2D eigenvalue weighted by Gasteiger charge is -2.36. The van der Waals surface area contributed by atoms with E-state index in [1.165, 1.54) is 48.4 Å². The van der Waals surface area contributed by atoms with Crippen molar-refractivity contribution in [1.29, 1.82) is 0 Å². The van der Waals surface area contributed by atoms with E-state index < -0.39 is 0 Å². The lowest BCUT2D eigenvalue weighted by molar-refractivity contribution is 0.104. The van der Waals surface area contributed by atoms with E-state index in [2.05, 4.69) is 65.9 Å². The van der Waals surface area contributed by atoms with Gasteiger partial charge in [0, 0.05) is 56.7 Å². The van der Waals surface area contributed by atoms with Gasteiger partial charge in [0.05, 0.1) is 0 Å². The molecule has 1 aromatic heterocycles. The molecule has 1 aliphatic rings. The van der Waals surface area contributed by atoms with Gasteiger partial charge in [0.15, 0.2) is 0 Å². The molecule has 3 nitrogen and oxygen atoms in total. The van der Waals surface area contributed by atoms with Crippen LogP contribution in [0.25, 0.3) is 11.1 Å². The zero-order valence-corrected chi connectivity index (χ0v) is 14.5. The summed E-state index contributed by atoms with van der Waals surface area (Å²) in [5, 5.41) is 0. The summed E-state index contributed by atoms with van der Waals surface area (Å²) in [5.41, 5.74) is 5.04. The number of hydrogen-bond acceptors (Lipinski definition) is 3. The molecule has 2 aromatic rings. The Morgan fingerprint density at radius 2 is 1.65 bits per heavy atom. The van der Waals surface area contributed by atoms with Crippen LogP contribution in [0.1, 0.15) is 25.0 Å². The van der Waals surface area contributed by atoms with Crippen molar-refractivity contribution in [3.63, 3.8) is 0 Å². The molecule has 1 fully saturated rings.